The molecule has 0 rings (SSSR count). The van der Waals surface area contributed by atoms with Crippen LogP contribution in [0, 0.1) is 21.7 Å². The van der Waals surface area contributed by atoms with E-state index in [1.165, 1.54) is 0 Å². The first kappa shape index (κ1) is 44.6. The molecule has 0 radical (unpaired) electrons. The van der Waals surface area contributed by atoms with Crippen LogP contribution in [0.4, 0.5) is 74.6 Å². The third kappa shape index (κ3) is 6.15. The molecule has 5 nitrogen and oxygen atoms in total. The summed E-state index contributed by atoms with van der Waals surface area (Å²) in [6.07, 6.45) is -23.2. The highest BCUT2D eigenvalue weighted by atomic mass is 32.2. The summed E-state index contributed by atoms with van der Waals surface area (Å²) in [5.74, 6) is -31.2. The van der Waals surface area contributed by atoms with Gasteiger partial charge in [-0.2, -0.15) is 78.7 Å². The standard InChI is InChI=1S/C23H31F17O5S/c1-11(2,3)15(24,25)16(26,27)13(7,8)14(9,10)17(28,29)18(30,12(4,5)6)44-21(35,36)19(31,20(32,33)34)45-22(37,38)23(39,40)46(41,42)43/h1-10H3,(H,41,42,43). The average Bonchev–Trinajstić information content (AvgIpc) is 2.74. The van der Waals surface area contributed by atoms with Gasteiger partial charge in [-0.05, 0) is 0 Å². The van der Waals surface area contributed by atoms with Crippen LogP contribution in [-0.2, 0) is 19.6 Å². The molecular formula is C23H31F17O5S. The smallest absolute Gasteiger partial charge is 0.281 e. The molecule has 0 spiro atoms. The lowest BCUT2D eigenvalue weighted by Crippen LogP contribution is -2.73. The number of hydrogen-bond donors (Lipinski definition) is 1. The molecule has 278 valence electrons. The lowest BCUT2D eigenvalue weighted by Gasteiger charge is -2.57. The second-order valence-corrected chi connectivity index (χ2v) is 14.9. The predicted molar refractivity (Wildman–Crippen MR) is 124 cm³/mol. The molecule has 0 aromatic carbocycles. The van der Waals surface area contributed by atoms with E-state index in [4.69, 9.17) is 4.55 Å². The first-order valence-electron chi connectivity index (χ1n) is 12.2. The van der Waals surface area contributed by atoms with E-state index in [-0.39, 0.29) is 48.5 Å². The molecular weight excluding hydrogens is 711 g/mol. The Kier molecular flexibility index (Phi) is 10.7. The van der Waals surface area contributed by atoms with Gasteiger partial charge in [0.1, 0.15) is 0 Å². The largest absolute Gasteiger partial charge is 0.460 e. The minimum absolute atomic E-state index is 0.0575. The van der Waals surface area contributed by atoms with Crippen LogP contribution in [0.5, 0.6) is 0 Å². The fourth-order valence-electron chi connectivity index (χ4n) is 3.65. The van der Waals surface area contributed by atoms with Gasteiger partial charge in [-0.15, -0.1) is 0 Å². The van der Waals surface area contributed by atoms with E-state index >= 15 is 22.0 Å². The average molecular weight is 743 g/mol. The molecule has 0 aliphatic heterocycles. The van der Waals surface area contributed by atoms with Crippen molar-refractivity contribution in [3.05, 3.63) is 0 Å². The SMILES string of the molecule is CC(C)(C)C(F)(F)C(F)(F)C(C)(C)C(C)(C)C(F)(F)C(F)(OC(F)(F)C(F)(OC(F)(F)C(F)(F)S(=O)(=O)O)C(F)(F)F)C(C)(C)C. The van der Waals surface area contributed by atoms with E-state index in [9.17, 15) is 61.1 Å². The van der Waals surface area contributed by atoms with Crippen molar-refractivity contribution in [3.8, 4) is 0 Å². The number of hydrogen-bond acceptors (Lipinski definition) is 4. The first-order chi connectivity index (χ1) is 19.2. The van der Waals surface area contributed by atoms with E-state index in [0.29, 0.717) is 20.8 Å². The van der Waals surface area contributed by atoms with Gasteiger partial charge in [-0.25, -0.2) is 4.39 Å². The van der Waals surface area contributed by atoms with Gasteiger partial charge in [0, 0.05) is 21.7 Å². The van der Waals surface area contributed by atoms with Crippen LogP contribution in [0.3, 0.4) is 0 Å². The molecule has 46 heavy (non-hydrogen) atoms. The highest BCUT2D eigenvalue weighted by Crippen LogP contribution is 2.68. The highest BCUT2D eigenvalue weighted by molar-refractivity contribution is 7.86. The second kappa shape index (κ2) is 11.1. The molecule has 0 amide bonds. The lowest BCUT2D eigenvalue weighted by atomic mass is 9.55. The lowest BCUT2D eigenvalue weighted by molar-refractivity contribution is -0.544. The van der Waals surface area contributed by atoms with Crippen molar-refractivity contribution >= 4 is 10.1 Å². The zero-order valence-corrected chi connectivity index (χ0v) is 26.2. The van der Waals surface area contributed by atoms with Gasteiger partial charge in [0.15, 0.2) is 0 Å². The summed E-state index contributed by atoms with van der Waals surface area (Å²) in [6, 6.07) is 0. The summed E-state index contributed by atoms with van der Waals surface area (Å²) in [4.78, 5) is 0. The van der Waals surface area contributed by atoms with Gasteiger partial charge < -0.3 is 0 Å². The summed E-state index contributed by atoms with van der Waals surface area (Å²) in [7, 11) is -7.63. The van der Waals surface area contributed by atoms with Gasteiger partial charge in [0.25, 0.3) is 5.85 Å². The van der Waals surface area contributed by atoms with Crippen LogP contribution in [0.25, 0.3) is 0 Å². The topological polar surface area (TPSA) is 72.8 Å². The van der Waals surface area contributed by atoms with E-state index in [2.05, 4.69) is 4.74 Å². The van der Waals surface area contributed by atoms with Gasteiger partial charge in [-0.1, -0.05) is 69.2 Å². The van der Waals surface area contributed by atoms with Crippen LogP contribution in [-0.4, -0.2) is 66.1 Å². The summed E-state index contributed by atoms with van der Waals surface area (Å²) in [6.45, 7) is 1.26. The Morgan fingerprint density at radius 2 is 0.739 bits per heavy atom. The van der Waals surface area contributed by atoms with E-state index in [0.717, 1.165) is 0 Å². The monoisotopic (exact) mass is 742 g/mol. The van der Waals surface area contributed by atoms with Crippen LogP contribution in [0.1, 0.15) is 69.2 Å². The van der Waals surface area contributed by atoms with Crippen LogP contribution < -0.4 is 0 Å². The first-order valence-corrected chi connectivity index (χ1v) is 13.7. The van der Waals surface area contributed by atoms with Crippen LogP contribution >= 0.6 is 0 Å². The summed E-state index contributed by atoms with van der Waals surface area (Å²) in [5, 5.41) is -7.38. The van der Waals surface area contributed by atoms with Crippen molar-refractivity contribution in [1.29, 1.82) is 0 Å². The third-order valence-electron chi connectivity index (χ3n) is 7.78. The molecule has 0 aliphatic carbocycles. The zero-order chi connectivity index (χ0) is 38.4. The third-order valence-corrected chi connectivity index (χ3v) is 8.66. The molecule has 2 unspecified atom stereocenters. The Morgan fingerprint density at radius 1 is 0.435 bits per heavy atom. The number of alkyl halides is 17. The summed E-state index contributed by atoms with van der Waals surface area (Å²) >= 11 is 0. The Morgan fingerprint density at radius 3 is 1.00 bits per heavy atom. The molecule has 0 fully saturated rings. The molecule has 0 heterocycles. The van der Waals surface area contributed by atoms with E-state index < -0.39 is 84.9 Å². The minimum atomic E-state index is -7.90. The molecule has 23 heteroatoms. The minimum Gasteiger partial charge on any atom is -0.281 e. The van der Waals surface area contributed by atoms with Gasteiger partial charge >= 0.3 is 57.4 Å². The van der Waals surface area contributed by atoms with Crippen molar-refractivity contribution in [2.45, 2.75) is 122 Å². The molecule has 2 atom stereocenters. The molecule has 0 aromatic heterocycles. The van der Waals surface area contributed by atoms with E-state index in [1.54, 1.807) is 4.74 Å². The Hall–Kier alpha value is -1.36. The van der Waals surface area contributed by atoms with Gasteiger partial charge in [0.05, 0.1) is 0 Å². The van der Waals surface area contributed by atoms with Crippen molar-refractivity contribution < 1.29 is 97.1 Å². The fourth-order valence-corrected chi connectivity index (χ4v) is 3.99. The summed E-state index contributed by atoms with van der Waals surface area (Å²) in [5.41, 5.74) is -14.5. The van der Waals surface area contributed by atoms with Gasteiger partial charge in [0.2, 0.25) is 0 Å². The van der Waals surface area contributed by atoms with Gasteiger partial charge in [-0.3, -0.25) is 14.0 Å². The molecule has 0 saturated heterocycles. The maximum absolute atomic E-state index is 16.3. The molecule has 0 bridgehead atoms. The molecule has 0 saturated carbocycles. The zero-order valence-electron chi connectivity index (χ0n) is 25.4. The molecule has 0 aliphatic rings. The van der Waals surface area contributed by atoms with Crippen molar-refractivity contribution in [2.24, 2.45) is 21.7 Å². The van der Waals surface area contributed by atoms with Crippen LogP contribution in [0.2, 0.25) is 0 Å². The maximum Gasteiger partial charge on any atom is 0.460 e. The molecule has 0 aromatic rings. The van der Waals surface area contributed by atoms with Crippen molar-refractivity contribution in [2.75, 3.05) is 0 Å². The molecule has 1 N–H and O–H groups in total. The Bertz CT molecular complexity index is 1230. The Labute approximate surface area is 251 Å². The maximum atomic E-state index is 16.3. The fraction of sp³-hybridized carbons (Fsp3) is 1.00. The predicted octanol–water partition coefficient (Wildman–Crippen LogP) is 9.63. The summed E-state index contributed by atoms with van der Waals surface area (Å²) < 4.78 is 283. The number of ether oxygens (including phenoxy) is 2. The Balaban J connectivity index is 7.74. The van der Waals surface area contributed by atoms with Crippen molar-refractivity contribution in [3.63, 3.8) is 0 Å². The quantitative estimate of drug-likeness (QED) is 0.159. The number of rotatable bonds is 12. The highest BCUT2D eigenvalue weighted by Gasteiger charge is 2.86. The van der Waals surface area contributed by atoms with Crippen LogP contribution in [0.15, 0.2) is 0 Å². The second-order valence-electron chi connectivity index (χ2n) is 13.4. The van der Waals surface area contributed by atoms with E-state index in [1.807, 2.05) is 0 Å². The normalized spacial score (nSPS) is 19.1. The number of halogens is 17. The van der Waals surface area contributed by atoms with Crippen molar-refractivity contribution in [1.82, 2.24) is 0 Å².